The SMILES string of the molecule is CC(=O)O[C@@H](C1C[C@@H](C)[C@H]2C(O1)[C@H](O)[C@@]1(C)C3CCC4C(C)(C)C(O[C@H]5CNCCO5)CCC45C[C@@]35CCC21C)C(C)(C)O. The van der Waals surface area contributed by atoms with Gasteiger partial charge in [0.2, 0.25) is 0 Å². The van der Waals surface area contributed by atoms with E-state index < -0.39 is 29.9 Å². The monoisotopic (exact) mass is 617 g/mol. The van der Waals surface area contributed by atoms with E-state index in [1.165, 1.54) is 32.6 Å². The average molecular weight is 618 g/mol. The van der Waals surface area contributed by atoms with Gasteiger partial charge in [0.1, 0.15) is 0 Å². The quantitative estimate of drug-likeness (QED) is 0.377. The van der Waals surface area contributed by atoms with E-state index in [0.717, 1.165) is 32.4 Å². The number of aliphatic hydroxyl groups excluding tert-OH is 1. The largest absolute Gasteiger partial charge is 0.457 e. The van der Waals surface area contributed by atoms with Crippen molar-refractivity contribution in [1.29, 1.82) is 0 Å². The molecule has 0 aromatic heterocycles. The minimum absolute atomic E-state index is 0.0409. The van der Waals surface area contributed by atoms with Crippen LogP contribution in [0, 0.1) is 50.7 Å². The van der Waals surface area contributed by atoms with E-state index in [1.807, 2.05) is 0 Å². The van der Waals surface area contributed by atoms with Gasteiger partial charge in [-0.1, -0.05) is 34.6 Å². The third-order valence-electron chi connectivity index (χ3n) is 15.3. The zero-order chi connectivity index (χ0) is 31.7. The summed E-state index contributed by atoms with van der Waals surface area (Å²) < 4.78 is 25.2. The van der Waals surface area contributed by atoms with E-state index in [4.69, 9.17) is 18.9 Å². The van der Waals surface area contributed by atoms with Gasteiger partial charge in [-0.3, -0.25) is 4.79 Å². The molecule has 2 aliphatic heterocycles. The van der Waals surface area contributed by atoms with Gasteiger partial charge in [0.15, 0.2) is 12.4 Å². The number of morpholine rings is 1. The van der Waals surface area contributed by atoms with Crippen molar-refractivity contribution in [2.45, 2.75) is 149 Å². The second-order valence-electron chi connectivity index (χ2n) is 17.9. The fourth-order valence-corrected chi connectivity index (χ4v) is 13.4. The Balaban J connectivity index is 1.16. The second-order valence-corrected chi connectivity index (χ2v) is 17.9. The lowest BCUT2D eigenvalue weighted by atomic mass is 9.41. The smallest absolute Gasteiger partial charge is 0.303 e. The molecule has 14 atom stereocenters. The third kappa shape index (κ3) is 4.12. The van der Waals surface area contributed by atoms with Gasteiger partial charge in [0, 0.05) is 25.4 Å². The molecule has 0 aromatic carbocycles. The lowest BCUT2D eigenvalue weighted by Gasteiger charge is -2.64. The van der Waals surface area contributed by atoms with Crippen LogP contribution in [0.2, 0.25) is 0 Å². The summed E-state index contributed by atoms with van der Waals surface area (Å²) in [6, 6.07) is 0. The summed E-state index contributed by atoms with van der Waals surface area (Å²) in [7, 11) is 0. The third-order valence-corrected chi connectivity index (χ3v) is 15.3. The van der Waals surface area contributed by atoms with Crippen LogP contribution in [-0.2, 0) is 23.7 Å². The Morgan fingerprint density at radius 3 is 2.41 bits per heavy atom. The first-order chi connectivity index (χ1) is 20.5. The summed E-state index contributed by atoms with van der Waals surface area (Å²) in [6.45, 7) is 19.2. The van der Waals surface area contributed by atoms with E-state index in [2.05, 4.69) is 39.9 Å². The Morgan fingerprint density at radius 2 is 1.75 bits per heavy atom. The number of carbonyl (C=O) groups is 1. The highest BCUT2D eigenvalue weighted by Gasteiger charge is 2.84. The summed E-state index contributed by atoms with van der Waals surface area (Å²) >= 11 is 0. The number of ether oxygens (including phenoxy) is 4. The van der Waals surface area contributed by atoms with Crippen LogP contribution in [0.4, 0.5) is 0 Å². The van der Waals surface area contributed by atoms with Crippen molar-refractivity contribution in [1.82, 2.24) is 5.32 Å². The molecule has 7 unspecified atom stereocenters. The molecule has 8 heteroatoms. The van der Waals surface area contributed by atoms with Gasteiger partial charge in [-0.15, -0.1) is 0 Å². The maximum absolute atomic E-state index is 12.5. The van der Waals surface area contributed by atoms with Crippen LogP contribution < -0.4 is 5.32 Å². The number of hydrogen-bond donors (Lipinski definition) is 3. The molecular formula is C36H59NO7. The predicted octanol–water partition coefficient (Wildman–Crippen LogP) is 4.83. The lowest BCUT2D eigenvalue weighted by molar-refractivity contribution is -0.237. The standard InChI is InChI=1S/C36H59NO7/c1-20-17-22(30(32(5,6)40)42-21(2)38)43-28-27(20)33(7)13-14-36-19-35(36)12-11-25(44-26-18-37-15-16-41-26)31(3,4)23(35)9-10-24(36)34(33,8)29(28)39/h20,22-30,37,39-40H,9-19H2,1-8H3/t20-,22?,23?,24?,25?,26+,27+,28?,29+,30+,33?,34-,35?,36+/m1/s1. The van der Waals surface area contributed by atoms with Crippen molar-refractivity contribution < 1.29 is 34.0 Å². The minimum atomic E-state index is -1.25. The summed E-state index contributed by atoms with van der Waals surface area (Å²) in [4.78, 5) is 12.0. The molecule has 5 saturated carbocycles. The molecule has 7 aliphatic rings. The van der Waals surface area contributed by atoms with Gasteiger partial charge in [-0.25, -0.2) is 0 Å². The van der Waals surface area contributed by atoms with Crippen molar-refractivity contribution >= 4 is 5.97 Å². The Labute approximate surface area is 264 Å². The van der Waals surface area contributed by atoms with Crippen LogP contribution in [-0.4, -0.2) is 78.3 Å². The Hall–Kier alpha value is -0.770. The van der Waals surface area contributed by atoms with Crippen molar-refractivity contribution in [2.75, 3.05) is 19.7 Å². The van der Waals surface area contributed by atoms with Crippen LogP contribution in [0.3, 0.4) is 0 Å². The average Bonchev–Trinajstić information content (AvgIpc) is 3.58. The van der Waals surface area contributed by atoms with Crippen LogP contribution >= 0.6 is 0 Å². The molecule has 44 heavy (non-hydrogen) atoms. The molecular weight excluding hydrogens is 558 g/mol. The summed E-state index contributed by atoms with van der Waals surface area (Å²) in [5, 5.41) is 26.9. The molecule has 5 aliphatic carbocycles. The van der Waals surface area contributed by atoms with Crippen LogP contribution in [0.5, 0.6) is 0 Å². The predicted molar refractivity (Wildman–Crippen MR) is 165 cm³/mol. The van der Waals surface area contributed by atoms with E-state index in [9.17, 15) is 15.0 Å². The first kappa shape index (κ1) is 31.8. The minimum Gasteiger partial charge on any atom is -0.457 e. The molecule has 7 rings (SSSR count). The zero-order valence-corrected chi connectivity index (χ0v) is 28.5. The van der Waals surface area contributed by atoms with Crippen molar-refractivity contribution in [3.05, 3.63) is 0 Å². The Morgan fingerprint density at radius 1 is 1.05 bits per heavy atom. The highest BCUT2D eigenvalue weighted by atomic mass is 16.7. The van der Waals surface area contributed by atoms with Gasteiger partial charge < -0.3 is 34.5 Å². The molecule has 250 valence electrons. The molecule has 8 nitrogen and oxygen atoms in total. The van der Waals surface area contributed by atoms with Crippen molar-refractivity contribution in [2.24, 2.45) is 50.7 Å². The zero-order valence-electron chi connectivity index (χ0n) is 28.5. The maximum atomic E-state index is 12.5. The fraction of sp³-hybridized carbons (Fsp3) is 0.972. The number of hydrogen-bond acceptors (Lipinski definition) is 8. The second kappa shape index (κ2) is 10.1. The number of fused-ring (bicyclic) bond motifs is 4. The molecule has 2 heterocycles. The highest BCUT2D eigenvalue weighted by molar-refractivity contribution is 5.66. The maximum Gasteiger partial charge on any atom is 0.303 e. The first-order valence-corrected chi connectivity index (χ1v) is 17.7. The van der Waals surface area contributed by atoms with Crippen LogP contribution in [0.1, 0.15) is 107 Å². The summed E-state index contributed by atoms with van der Waals surface area (Å²) in [5.74, 6) is 1.16. The summed E-state index contributed by atoms with van der Waals surface area (Å²) in [5.41, 5.74) is -0.862. The van der Waals surface area contributed by atoms with E-state index in [1.54, 1.807) is 13.8 Å². The molecule has 0 bridgehead atoms. The topological polar surface area (TPSA) is 106 Å². The van der Waals surface area contributed by atoms with Gasteiger partial charge in [0.05, 0.1) is 36.6 Å². The molecule has 0 radical (unpaired) electrons. The summed E-state index contributed by atoms with van der Waals surface area (Å²) in [6.07, 6.45) is 6.87. The van der Waals surface area contributed by atoms with E-state index in [-0.39, 0.29) is 52.0 Å². The number of nitrogens with one attached hydrogen (secondary N) is 1. The van der Waals surface area contributed by atoms with Gasteiger partial charge in [-0.05, 0) is 111 Å². The van der Waals surface area contributed by atoms with E-state index in [0.29, 0.717) is 30.3 Å². The van der Waals surface area contributed by atoms with E-state index >= 15 is 0 Å². The number of aliphatic hydroxyl groups is 2. The normalized spacial score (nSPS) is 53.3. The number of rotatable bonds is 5. The number of carbonyl (C=O) groups excluding carboxylic acids is 1. The van der Waals surface area contributed by atoms with Crippen LogP contribution in [0.15, 0.2) is 0 Å². The Bertz CT molecular complexity index is 1150. The van der Waals surface area contributed by atoms with Crippen molar-refractivity contribution in [3.8, 4) is 0 Å². The highest BCUT2D eigenvalue weighted by Crippen LogP contribution is 2.89. The van der Waals surface area contributed by atoms with Gasteiger partial charge in [-0.2, -0.15) is 0 Å². The molecule has 2 spiro atoms. The Kier molecular flexibility index (Phi) is 7.32. The fourth-order valence-electron chi connectivity index (χ4n) is 13.4. The van der Waals surface area contributed by atoms with Gasteiger partial charge in [0.25, 0.3) is 0 Å². The lowest BCUT2D eigenvalue weighted by Crippen LogP contribution is -2.60. The first-order valence-electron chi connectivity index (χ1n) is 17.7. The molecule has 2 saturated heterocycles. The van der Waals surface area contributed by atoms with Crippen molar-refractivity contribution in [3.63, 3.8) is 0 Å². The van der Waals surface area contributed by atoms with Crippen LogP contribution in [0.25, 0.3) is 0 Å². The molecule has 3 N–H and O–H groups in total. The molecule has 0 aromatic rings. The number of esters is 1. The molecule has 0 amide bonds. The molecule has 7 fully saturated rings. The van der Waals surface area contributed by atoms with Gasteiger partial charge >= 0.3 is 5.97 Å².